The zero-order chi connectivity index (χ0) is 15.7. The largest absolute Gasteiger partial charge is 0.364 e. The first-order valence-electron chi connectivity index (χ1n) is 7.13. The quantitative estimate of drug-likeness (QED) is 0.488. The van der Waals surface area contributed by atoms with Gasteiger partial charge in [-0.05, 0) is 31.4 Å². The average molecular weight is 281 g/mol. The van der Waals surface area contributed by atoms with E-state index in [1.165, 1.54) is 6.08 Å². The zero-order valence-electron chi connectivity index (χ0n) is 13.0. The van der Waals surface area contributed by atoms with Gasteiger partial charge in [0.1, 0.15) is 5.70 Å². The van der Waals surface area contributed by atoms with Crippen LogP contribution in [-0.4, -0.2) is 29.0 Å². The van der Waals surface area contributed by atoms with Crippen LogP contribution >= 0.6 is 0 Å². The van der Waals surface area contributed by atoms with Gasteiger partial charge in [0, 0.05) is 19.1 Å². The second-order valence-electron chi connectivity index (χ2n) is 4.72. The molecule has 1 saturated heterocycles. The third kappa shape index (κ3) is 5.17. The summed E-state index contributed by atoms with van der Waals surface area (Å²) in [4.78, 5) is 12.7. The lowest BCUT2D eigenvalue weighted by Crippen LogP contribution is -2.46. The van der Waals surface area contributed by atoms with Crippen LogP contribution in [0.25, 0.3) is 0 Å². The topological polar surface area (TPSA) is 72.4 Å². The first-order valence-corrected chi connectivity index (χ1v) is 7.13. The van der Waals surface area contributed by atoms with Crippen LogP contribution < -0.4 is 5.73 Å². The third-order valence-corrected chi connectivity index (χ3v) is 3.04. The number of allylic oxidation sites excluding steroid dienone is 3. The monoisotopic (exact) mass is 281 g/mol. The van der Waals surface area contributed by atoms with Crippen LogP contribution in [0.4, 0.5) is 0 Å². The molecule has 114 valence electrons. The number of piperidine rings is 1. The zero-order valence-corrected chi connectivity index (χ0v) is 13.0. The Bertz CT molecular complexity index is 379. The number of nitrogens with two attached hydrogens (primary N) is 1. The van der Waals surface area contributed by atoms with E-state index in [2.05, 4.69) is 13.5 Å². The molecule has 0 bridgehead atoms. The molecule has 2 atom stereocenters. The summed E-state index contributed by atoms with van der Waals surface area (Å²) in [6, 6.07) is 0.0619. The molecule has 5 heteroatoms. The van der Waals surface area contributed by atoms with Gasteiger partial charge in [-0.3, -0.25) is 10.1 Å². The highest BCUT2D eigenvalue weighted by molar-refractivity contribution is 5.27. The summed E-state index contributed by atoms with van der Waals surface area (Å²) in [6.45, 7) is 12.8. The van der Waals surface area contributed by atoms with Crippen molar-refractivity contribution in [3.8, 4) is 0 Å². The molecule has 1 fully saturated rings. The summed E-state index contributed by atoms with van der Waals surface area (Å²) >= 11 is 0. The predicted octanol–water partition coefficient (Wildman–Crippen LogP) is 2.93. The van der Waals surface area contributed by atoms with E-state index in [1.807, 2.05) is 18.7 Å². The molecule has 1 aliphatic rings. The molecule has 0 aromatic heterocycles. The smallest absolute Gasteiger partial charge is 0.288 e. The van der Waals surface area contributed by atoms with Gasteiger partial charge in [0.25, 0.3) is 5.70 Å². The van der Waals surface area contributed by atoms with Gasteiger partial charge in [0.15, 0.2) is 0 Å². The van der Waals surface area contributed by atoms with Crippen molar-refractivity contribution in [2.45, 2.75) is 40.2 Å². The fraction of sp³-hybridized carbons (Fsp3) is 0.600. The summed E-state index contributed by atoms with van der Waals surface area (Å²) in [5.41, 5.74) is 6.69. The number of likely N-dealkylation sites (tertiary alicyclic amines) is 1. The van der Waals surface area contributed by atoms with Crippen LogP contribution in [0, 0.1) is 16.0 Å². The number of nitrogens with zero attached hydrogens (tertiary/aromatic N) is 2. The van der Waals surface area contributed by atoms with Crippen molar-refractivity contribution in [1.29, 1.82) is 0 Å². The lowest BCUT2D eigenvalue weighted by molar-refractivity contribution is -0.422. The summed E-state index contributed by atoms with van der Waals surface area (Å²) in [7, 11) is 0. The van der Waals surface area contributed by atoms with Gasteiger partial charge < -0.3 is 10.6 Å². The Labute approximate surface area is 122 Å². The highest BCUT2D eigenvalue weighted by atomic mass is 16.6. The molecule has 1 rings (SSSR count). The highest BCUT2D eigenvalue weighted by Crippen LogP contribution is 2.23. The first-order chi connectivity index (χ1) is 9.49. The van der Waals surface area contributed by atoms with Gasteiger partial charge in [-0.15, -0.1) is 0 Å². The van der Waals surface area contributed by atoms with E-state index in [0.29, 0.717) is 18.2 Å². The summed E-state index contributed by atoms with van der Waals surface area (Å²) in [6.07, 6.45) is 5.73. The number of hydrogen-bond donors (Lipinski definition) is 1. The van der Waals surface area contributed by atoms with E-state index in [1.54, 1.807) is 19.1 Å². The molecule has 1 heterocycles. The van der Waals surface area contributed by atoms with Crippen LogP contribution in [0.15, 0.2) is 36.2 Å². The summed E-state index contributed by atoms with van der Waals surface area (Å²) in [5, 5.41) is 11.1. The fourth-order valence-electron chi connectivity index (χ4n) is 2.41. The molecule has 0 amide bonds. The van der Waals surface area contributed by atoms with Crippen molar-refractivity contribution in [2.75, 3.05) is 13.1 Å². The van der Waals surface area contributed by atoms with Gasteiger partial charge in [-0.2, -0.15) is 0 Å². The Morgan fingerprint density at radius 3 is 2.45 bits per heavy atom. The van der Waals surface area contributed by atoms with E-state index in [-0.39, 0.29) is 16.7 Å². The van der Waals surface area contributed by atoms with Crippen molar-refractivity contribution in [1.82, 2.24) is 4.90 Å². The van der Waals surface area contributed by atoms with Crippen molar-refractivity contribution < 1.29 is 4.92 Å². The maximum absolute atomic E-state index is 11.1. The van der Waals surface area contributed by atoms with E-state index < -0.39 is 0 Å². The average Bonchev–Trinajstić information content (AvgIpc) is 2.39. The van der Waals surface area contributed by atoms with Gasteiger partial charge in [0.05, 0.1) is 4.92 Å². The maximum Gasteiger partial charge on any atom is 0.288 e. The molecular weight excluding hydrogens is 254 g/mol. The fourth-order valence-corrected chi connectivity index (χ4v) is 2.41. The minimum Gasteiger partial charge on any atom is -0.364 e. The second kappa shape index (κ2) is 9.31. The lowest BCUT2D eigenvalue weighted by Gasteiger charge is -2.36. The minimum atomic E-state index is -0.361. The molecule has 0 aromatic rings. The molecule has 2 unspecified atom stereocenters. The maximum atomic E-state index is 11.1. The number of hydrogen-bond acceptors (Lipinski definition) is 4. The van der Waals surface area contributed by atoms with E-state index in [4.69, 9.17) is 5.73 Å². The third-order valence-electron chi connectivity index (χ3n) is 3.04. The molecule has 0 radical (unpaired) electrons. The minimum absolute atomic E-state index is 0.0619. The summed E-state index contributed by atoms with van der Waals surface area (Å²) in [5.74, 6) is 0.437. The molecule has 20 heavy (non-hydrogen) atoms. The standard InChI is InChI=1S/C13H21N3O2.C2H6/c1-4-6-13(12(5-2)16(17)18)15-8-10(3)7-11(14)9-15;1-2/h4-6,10-11H,1,7-9,14H2,2-3H3;1-2H3/b12-5+,13-6+;. The van der Waals surface area contributed by atoms with Gasteiger partial charge in [-0.1, -0.05) is 33.4 Å². The van der Waals surface area contributed by atoms with Crippen LogP contribution in [0.3, 0.4) is 0 Å². The second-order valence-corrected chi connectivity index (χ2v) is 4.72. The van der Waals surface area contributed by atoms with Crippen LogP contribution in [0.2, 0.25) is 0 Å². The molecule has 5 nitrogen and oxygen atoms in total. The molecule has 2 N–H and O–H groups in total. The number of nitro groups is 1. The van der Waals surface area contributed by atoms with Gasteiger partial charge in [-0.25, -0.2) is 0 Å². The highest BCUT2D eigenvalue weighted by Gasteiger charge is 2.28. The van der Waals surface area contributed by atoms with E-state index in [9.17, 15) is 10.1 Å². The lowest BCUT2D eigenvalue weighted by atomic mass is 9.95. The molecule has 0 aromatic carbocycles. The first kappa shape index (κ1) is 18.4. The molecule has 0 aliphatic carbocycles. The van der Waals surface area contributed by atoms with Crippen molar-refractivity contribution in [2.24, 2.45) is 11.7 Å². The molecular formula is C15H27N3O2. The Hall–Kier alpha value is -1.62. The molecule has 1 aliphatic heterocycles. The Balaban J connectivity index is 0.00000172. The SMILES string of the molecule is C=C/C=C(\C(=C/C)[N+](=O)[O-])N1CC(C)CC(N)C1.CC. The van der Waals surface area contributed by atoms with Crippen LogP contribution in [-0.2, 0) is 0 Å². The Morgan fingerprint density at radius 2 is 2.05 bits per heavy atom. The Morgan fingerprint density at radius 1 is 1.45 bits per heavy atom. The van der Waals surface area contributed by atoms with E-state index >= 15 is 0 Å². The van der Waals surface area contributed by atoms with Crippen LogP contribution in [0.5, 0.6) is 0 Å². The van der Waals surface area contributed by atoms with Crippen molar-refractivity contribution in [3.05, 3.63) is 46.3 Å². The molecule has 0 saturated carbocycles. The van der Waals surface area contributed by atoms with E-state index in [0.717, 1.165) is 13.0 Å². The Kier molecular flexibility index (Phi) is 8.56. The normalized spacial score (nSPS) is 23.8. The van der Waals surface area contributed by atoms with Gasteiger partial charge in [0.2, 0.25) is 0 Å². The van der Waals surface area contributed by atoms with Crippen molar-refractivity contribution in [3.63, 3.8) is 0 Å². The predicted molar refractivity (Wildman–Crippen MR) is 83.7 cm³/mol. The summed E-state index contributed by atoms with van der Waals surface area (Å²) < 4.78 is 0. The van der Waals surface area contributed by atoms with Gasteiger partial charge >= 0.3 is 0 Å². The van der Waals surface area contributed by atoms with Crippen molar-refractivity contribution >= 4 is 0 Å². The molecule has 0 spiro atoms. The number of rotatable bonds is 4. The van der Waals surface area contributed by atoms with Crippen LogP contribution in [0.1, 0.15) is 34.1 Å².